The highest BCUT2D eigenvalue weighted by Crippen LogP contribution is 2.37. The Kier molecular flexibility index (Phi) is 4.99. The number of hydrogen-bond donors (Lipinski definition) is 2. The maximum Gasteiger partial charge on any atom is 0.240 e. The Bertz CT molecular complexity index is 402. The first-order valence-electron chi connectivity index (χ1n) is 7.65. The van der Waals surface area contributed by atoms with Crippen molar-refractivity contribution in [3.05, 3.63) is 0 Å². The molecule has 0 heterocycles. The molecule has 0 radical (unpaired) electrons. The van der Waals surface area contributed by atoms with Crippen molar-refractivity contribution in [1.29, 1.82) is 5.26 Å². The van der Waals surface area contributed by atoms with Crippen LogP contribution >= 0.6 is 0 Å². The molecule has 2 aliphatic rings. The average Bonchev–Trinajstić information content (AvgIpc) is 2.96. The van der Waals surface area contributed by atoms with Crippen LogP contribution in [0.15, 0.2) is 0 Å². The van der Waals surface area contributed by atoms with E-state index < -0.39 is 5.41 Å². The fraction of sp³-hybridized carbons (Fsp3) is 0.800. The summed E-state index contributed by atoms with van der Waals surface area (Å²) in [6.45, 7) is -0.0151. The van der Waals surface area contributed by atoms with Gasteiger partial charge in [-0.1, -0.05) is 32.1 Å². The maximum atomic E-state index is 12.1. The number of rotatable bonds is 4. The summed E-state index contributed by atoms with van der Waals surface area (Å²) in [6, 6.07) is 2.39. The summed E-state index contributed by atoms with van der Waals surface area (Å²) < 4.78 is 0. The van der Waals surface area contributed by atoms with E-state index >= 15 is 0 Å². The molecule has 0 unspecified atom stereocenters. The zero-order valence-electron chi connectivity index (χ0n) is 11.9. The van der Waals surface area contributed by atoms with Crippen molar-refractivity contribution >= 4 is 11.8 Å². The first-order chi connectivity index (χ1) is 9.66. The predicted octanol–water partition coefficient (Wildman–Crippen LogP) is 1.64. The molecule has 2 amide bonds. The minimum Gasteiger partial charge on any atom is -0.352 e. The zero-order valence-corrected chi connectivity index (χ0v) is 11.9. The largest absolute Gasteiger partial charge is 0.352 e. The lowest BCUT2D eigenvalue weighted by Gasteiger charge is -2.23. The molecule has 0 aromatic heterocycles. The third-order valence-corrected chi connectivity index (χ3v) is 4.49. The summed E-state index contributed by atoms with van der Waals surface area (Å²) in [7, 11) is 0. The molecule has 2 rings (SSSR count). The number of nitrogens with one attached hydrogen (secondary N) is 2. The van der Waals surface area contributed by atoms with Crippen molar-refractivity contribution in [1.82, 2.24) is 10.6 Å². The molecule has 0 atom stereocenters. The molecule has 2 aliphatic carbocycles. The molecule has 2 fully saturated rings. The molecule has 0 bridgehead atoms. The Labute approximate surface area is 120 Å². The highest BCUT2D eigenvalue weighted by Gasteiger charge is 2.41. The third kappa shape index (κ3) is 3.50. The Balaban J connectivity index is 1.75. The minimum absolute atomic E-state index is 0.0151. The molecular formula is C15H23N3O2. The van der Waals surface area contributed by atoms with Gasteiger partial charge < -0.3 is 10.6 Å². The van der Waals surface area contributed by atoms with Crippen LogP contribution in [0.1, 0.15) is 57.8 Å². The van der Waals surface area contributed by atoms with Crippen molar-refractivity contribution in [2.45, 2.75) is 63.8 Å². The molecule has 2 saturated carbocycles. The van der Waals surface area contributed by atoms with Gasteiger partial charge in [-0.2, -0.15) is 5.26 Å². The molecule has 0 spiro atoms. The van der Waals surface area contributed by atoms with Gasteiger partial charge in [0, 0.05) is 6.04 Å². The van der Waals surface area contributed by atoms with Gasteiger partial charge >= 0.3 is 0 Å². The van der Waals surface area contributed by atoms with Crippen LogP contribution in [0, 0.1) is 16.7 Å². The van der Waals surface area contributed by atoms with Crippen molar-refractivity contribution in [2.24, 2.45) is 5.41 Å². The highest BCUT2D eigenvalue weighted by atomic mass is 16.2. The first kappa shape index (κ1) is 14.8. The van der Waals surface area contributed by atoms with Crippen LogP contribution in [0.5, 0.6) is 0 Å². The molecule has 5 heteroatoms. The fourth-order valence-electron chi connectivity index (χ4n) is 3.22. The SMILES string of the molecule is N#CC1(C(=O)NCC(=O)NC2CCCCC2)CCCC1. The molecule has 0 aromatic carbocycles. The van der Waals surface area contributed by atoms with Gasteiger partial charge in [-0.15, -0.1) is 0 Å². The molecule has 5 nitrogen and oxygen atoms in total. The van der Waals surface area contributed by atoms with E-state index in [1.807, 2.05) is 0 Å². The van der Waals surface area contributed by atoms with Gasteiger partial charge in [0.25, 0.3) is 0 Å². The van der Waals surface area contributed by atoms with Gasteiger partial charge in [0.2, 0.25) is 11.8 Å². The summed E-state index contributed by atoms with van der Waals surface area (Å²) in [5.41, 5.74) is -0.898. The van der Waals surface area contributed by atoms with Crippen LogP contribution in [-0.4, -0.2) is 24.4 Å². The Morgan fingerprint density at radius 3 is 2.35 bits per heavy atom. The average molecular weight is 277 g/mol. The third-order valence-electron chi connectivity index (χ3n) is 4.49. The van der Waals surface area contributed by atoms with Gasteiger partial charge in [-0.25, -0.2) is 0 Å². The van der Waals surface area contributed by atoms with Gasteiger partial charge in [-0.3, -0.25) is 9.59 Å². The molecule has 110 valence electrons. The molecule has 0 saturated heterocycles. The number of amides is 2. The van der Waals surface area contributed by atoms with Crippen molar-refractivity contribution < 1.29 is 9.59 Å². The van der Waals surface area contributed by atoms with E-state index in [-0.39, 0.29) is 24.4 Å². The first-order valence-corrected chi connectivity index (χ1v) is 7.65. The Morgan fingerprint density at radius 2 is 1.75 bits per heavy atom. The quantitative estimate of drug-likeness (QED) is 0.819. The van der Waals surface area contributed by atoms with Crippen molar-refractivity contribution in [3.8, 4) is 6.07 Å². The summed E-state index contributed by atoms with van der Waals surface area (Å²) >= 11 is 0. The minimum atomic E-state index is -0.898. The molecule has 20 heavy (non-hydrogen) atoms. The fourth-order valence-corrected chi connectivity index (χ4v) is 3.22. The van der Waals surface area contributed by atoms with Crippen LogP contribution in [0.25, 0.3) is 0 Å². The normalized spacial score (nSPS) is 21.9. The number of carbonyl (C=O) groups excluding carboxylic acids is 2. The summed E-state index contributed by atoms with van der Waals surface area (Å²) in [4.78, 5) is 23.9. The lowest BCUT2D eigenvalue weighted by molar-refractivity contribution is -0.131. The summed E-state index contributed by atoms with van der Waals surface area (Å²) in [5.74, 6) is -0.423. The highest BCUT2D eigenvalue weighted by molar-refractivity contribution is 5.89. The van der Waals surface area contributed by atoms with E-state index in [2.05, 4.69) is 16.7 Å². The van der Waals surface area contributed by atoms with Crippen LogP contribution in [0.2, 0.25) is 0 Å². The number of hydrogen-bond acceptors (Lipinski definition) is 3. The van der Waals surface area contributed by atoms with E-state index in [4.69, 9.17) is 0 Å². The van der Waals surface area contributed by atoms with Gasteiger partial charge in [0.05, 0.1) is 12.6 Å². The van der Waals surface area contributed by atoms with E-state index in [0.717, 1.165) is 38.5 Å². The lowest BCUT2D eigenvalue weighted by atomic mass is 9.87. The lowest BCUT2D eigenvalue weighted by Crippen LogP contribution is -2.46. The number of nitrogens with zero attached hydrogens (tertiary/aromatic N) is 1. The molecule has 0 aliphatic heterocycles. The summed E-state index contributed by atoms with van der Waals surface area (Å²) in [5, 5.41) is 14.8. The Hall–Kier alpha value is -1.57. The molecule has 2 N–H and O–H groups in total. The van der Waals surface area contributed by atoms with Crippen LogP contribution in [-0.2, 0) is 9.59 Å². The standard InChI is InChI=1S/C15H23N3O2/c16-11-15(8-4-5-9-15)14(20)17-10-13(19)18-12-6-2-1-3-7-12/h12H,1-10H2,(H,17,20)(H,18,19). The second-order valence-corrected chi connectivity index (χ2v) is 5.99. The van der Waals surface area contributed by atoms with Gasteiger partial charge in [0.1, 0.15) is 5.41 Å². The van der Waals surface area contributed by atoms with Crippen molar-refractivity contribution in [2.75, 3.05) is 6.54 Å². The number of nitriles is 1. The van der Waals surface area contributed by atoms with Crippen molar-refractivity contribution in [3.63, 3.8) is 0 Å². The van der Waals surface area contributed by atoms with Crippen LogP contribution in [0.4, 0.5) is 0 Å². The van der Waals surface area contributed by atoms with Gasteiger partial charge in [-0.05, 0) is 25.7 Å². The smallest absolute Gasteiger partial charge is 0.240 e. The van der Waals surface area contributed by atoms with E-state index in [0.29, 0.717) is 12.8 Å². The summed E-state index contributed by atoms with van der Waals surface area (Å²) in [6.07, 6.45) is 8.67. The van der Waals surface area contributed by atoms with E-state index in [1.54, 1.807) is 0 Å². The Morgan fingerprint density at radius 1 is 1.10 bits per heavy atom. The molecule has 0 aromatic rings. The second kappa shape index (κ2) is 6.74. The zero-order chi connectivity index (χ0) is 14.4. The second-order valence-electron chi connectivity index (χ2n) is 5.99. The number of carbonyl (C=O) groups is 2. The monoisotopic (exact) mass is 277 g/mol. The van der Waals surface area contributed by atoms with Gasteiger partial charge in [0.15, 0.2) is 0 Å². The maximum absolute atomic E-state index is 12.1. The van der Waals surface area contributed by atoms with Crippen LogP contribution in [0.3, 0.4) is 0 Å². The topological polar surface area (TPSA) is 82.0 Å². The predicted molar refractivity (Wildman–Crippen MR) is 74.5 cm³/mol. The van der Waals surface area contributed by atoms with E-state index in [1.165, 1.54) is 6.42 Å². The van der Waals surface area contributed by atoms with Crippen LogP contribution < -0.4 is 10.6 Å². The van der Waals surface area contributed by atoms with E-state index in [9.17, 15) is 14.9 Å². The molecular weight excluding hydrogens is 254 g/mol.